The lowest BCUT2D eigenvalue weighted by Crippen LogP contribution is -2.53. The Morgan fingerprint density at radius 3 is 2.36 bits per heavy atom. The molecule has 39 heavy (non-hydrogen) atoms. The number of hydrogen-bond acceptors (Lipinski definition) is 8. The smallest absolute Gasteiger partial charge is 0.352 e. The van der Waals surface area contributed by atoms with E-state index in [4.69, 9.17) is 11.6 Å². The number of hydrogen-bond donors (Lipinski definition) is 2. The number of aromatic nitrogens is 4. The fourth-order valence-electron chi connectivity index (χ4n) is 4.33. The van der Waals surface area contributed by atoms with Gasteiger partial charge in [0.15, 0.2) is 0 Å². The molecule has 2 N–H and O–H groups in total. The summed E-state index contributed by atoms with van der Waals surface area (Å²) in [4.78, 5) is 22.4. The monoisotopic (exact) mass is 554 g/mol. The number of pyridine rings is 1. The van der Waals surface area contributed by atoms with Crippen LogP contribution in [0, 0.1) is 0 Å². The Balaban J connectivity index is 1.39. The minimum atomic E-state index is -4.41. The second-order valence-electron chi connectivity index (χ2n) is 9.12. The van der Waals surface area contributed by atoms with Crippen LogP contribution in [-0.4, -0.2) is 45.6 Å². The van der Waals surface area contributed by atoms with E-state index < -0.39 is 11.7 Å². The summed E-state index contributed by atoms with van der Waals surface area (Å²) in [6, 6.07) is 18.2. The molecule has 1 saturated heterocycles. The fourth-order valence-corrected chi connectivity index (χ4v) is 4.58. The van der Waals surface area contributed by atoms with Crippen molar-refractivity contribution in [2.45, 2.75) is 25.7 Å². The quantitative estimate of drug-likeness (QED) is 0.287. The van der Waals surface area contributed by atoms with Crippen LogP contribution < -0.4 is 20.4 Å². The van der Waals surface area contributed by atoms with E-state index in [0.29, 0.717) is 48.8 Å². The first-order chi connectivity index (χ1) is 18.8. The maximum Gasteiger partial charge on any atom is 0.416 e. The number of piperazine rings is 1. The summed E-state index contributed by atoms with van der Waals surface area (Å²) >= 11 is 6.37. The van der Waals surface area contributed by atoms with E-state index >= 15 is 0 Å². The van der Waals surface area contributed by atoms with Gasteiger partial charge in [0, 0.05) is 44.1 Å². The Morgan fingerprint density at radius 2 is 1.67 bits per heavy atom. The third-order valence-electron chi connectivity index (χ3n) is 6.31. The van der Waals surface area contributed by atoms with Gasteiger partial charge < -0.3 is 20.4 Å². The summed E-state index contributed by atoms with van der Waals surface area (Å²) in [5.74, 6) is 1.75. The van der Waals surface area contributed by atoms with Crippen molar-refractivity contribution in [1.29, 1.82) is 0 Å². The number of nitrogens with zero attached hydrogens (tertiary/aromatic N) is 6. The van der Waals surface area contributed by atoms with Gasteiger partial charge in [-0.25, -0.2) is 4.98 Å². The van der Waals surface area contributed by atoms with Gasteiger partial charge in [0.05, 0.1) is 10.6 Å². The Hall–Kier alpha value is -4.12. The average Bonchev–Trinajstić information content (AvgIpc) is 2.92. The predicted octanol–water partition coefficient (Wildman–Crippen LogP) is 6.01. The maximum absolute atomic E-state index is 13.0. The van der Waals surface area contributed by atoms with E-state index in [2.05, 4.69) is 47.3 Å². The van der Waals surface area contributed by atoms with Gasteiger partial charge in [-0.15, -0.1) is 0 Å². The van der Waals surface area contributed by atoms with Crippen LogP contribution in [0.15, 0.2) is 72.9 Å². The van der Waals surface area contributed by atoms with E-state index in [1.807, 2.05) is 36.4 Å². The molecule has 5 rings (SSSR count). The highest BCUT2D eigenvalue weighted by Crippen LogP contribution is 2.31. The van der Waals surface area contributed by atoms with E-state index in [0.717, 1.165) is 23.5 Å². The lowest BCUT2D eigenvalue weighted by atomic mass is 10.2. The topological polar surface area (TPSA) is 82.1 Å². The van der Waals surface area contributed by atoms with Crippen LogP contribution in [0.1, 0.15) is 18.1 Å². The maximum atomic E-state index is 13.0. The molecule has 0 bridgehead atoms. The molecule has 1 aliphatic heterocycles. The van der Waals surface area contributed by atoms with Crippen molar-refractivity contribution in [2.24, 2.45) is 0 Å². The molecular weight excluding hydrogens is 529 g/mol. The van der Waals surface area contributed by atoms with Crippen LogP contribution in [0.5, 0.6) is 0 Å². The molecule has 0 radical (unpaired) electrons. The van der Waals surface area contributed by atoms with Gasteiger partial charge >= 0.3 is 6.18 Å². The Morgan fingerprint density at radius 1 is 0.923 bits per heavy atom. The van der Waals surface area contributed by atoms with E-state index in [9.17, 15) is 13.2 Å². The molecule has 202 valence electrons. The van der Waals surface area contributed by atoms with Gasteiger partial charge in [-0.2, -0.15) is 28.1 Å². The molecule has 0 amide bonds. The minimum Gasteiger partial charge on any atom is -0.352 e. The average molecular weight is 555 g/mol. The number of rotatable bonds is 7. The summed E-state index contributed by atoms with van der Waals surface area (Å²) in [5.41, 5.74) is 0.747. The lowest BCUT2D eigenvalue weighted by Gasteiger charge is -2.40. The van der Waals surface area contributed by atoms with Gasteiger partial charge in [-0.1, -0.05) is 41.9 Å². The molecule has 2 aromatic carbocycles. The molecule has 1 fully saturated rings. The number of anilines is 5. The van der Waals surface area contributed by atoms with Crippen molar-refractivity contribution in [3.63, 3.8) is 0 Å². The molecule has 12 heteroatoms. The third-order valence-corrected chi connectivity index (χ3v) is 6.60. The highest BCUT2D eigenvalue weighted by molar-refractivity contribution is 6.32. The largest absolute Gasteiger partial charge is 0.416 e. The van der Waals surface area contributed by atoms with E-state index in [1.54, 1.807) is 12.3 Å². The van der Waals surface area contributed by atoms with Crippen LogP contribution >= 0.6 is 11.6 Å². The van der Waals surface area contributed by atoms with Gasteiger partial charge in [-0.05, 0) is 48.9 Å². The first kappa shape index (κ1) is 26.5. The third kappa shape index (κ3) is 6.48. The molecular formula is C27H26ClF3N8. The summed E-state index contributed by atoms with van der Waals surface area (Å²) < 4.78 is 39.0. The second-order valence-corrected chi connectivity index (χ2v) is 9.53. The molecule has 2 aromatic heterocycles. The van der Waals surface area contributed by atoms with Crippen molar-refractivity contribution in [2.75, 3.05) is 40.1 Å². The summed E-state index contributed by atoms with van der Waals surface area (Å²) in [6.07, 6.45) is -2.70. The van der Waals surface area contributed by atoms with Crippen molar-refractivity contribution < 1.29 is 13.2 Å². The molecule has 0 saturated carbocycles. The first-order valence-corrected chi connectivity index (χ1v) is 12.7. The number of halogens is 4. The zero-order chi connectivity index (χ0) is 27.4. The zero-order valence-electron chi connectivity index (χ0n) is 21.0. The normalized spacial score (nSPS) is 15.8. The molecule has 4 aromatic rings. The van der Waals surface area contributed by atoms with E-state index in [1.165, 1.54) is 12.1 Å². The molecule has 0 spiro atoms. The molecule has 8 nitrogen and oxygen atoms in total. The van der Waals surface area contributed by atoms with E-state index in [-0.39, 0.29) is 12.0 Å². The number of nitrogens with one attached hydrogen (secondary N) is 2. The second kappa shape index (κ2) is 11.3. The van der Waals surface area contributed by atoms with Crippen LogP contribution in [0.25, 0.3) is 0 Å². The SMILES string of the molecule is C[C@@H]1CN(c2ncccc2Cl)CCN1c1nc(NCc2ccccc2)nc(Nc2ccc(C(F)(F)F)cc2)n1. The number of benzene rings is 2. The van der Waals surface area contributed by atoms with Crippen molar-refractivity contribution >= 4 is 41.0 Å². The van der Waals surface area contributed by atoms with Crippen molar-refractivity contribution in [3.05, 3.63) is 89.1 Å². The first-order valence-electron chi connectivity index (χ1n) is 12.4. The minimum absolute atomic E-state index is 0.0140. The van der Waals surface area contributed by atoms with Crippen LogP contribution in [0.2, 0.25) is 5.02 Å². The molecule has 1 aliphatic rings. The van der Waals surface area contributed by atoms with Crippen molar-refractivity contribution in [1.82, 2.24) is 19.9 Å². The fraction of sp³-hybridized carbons (Fsp3) is 0.259. The Kier molecular flexibility index (Phi) is 7.69. The highest BCUT2D eigenvalue weighted by Gasteiger charge is 2.30. The summed E-state index contributed by atoms with van der Waals surface area (Å²) in [7, 11) is 0. The van der Waals surface area contributed by atoms with Crippen LogP contribution in [-0.2, 0) is 12.7 Å². The van der Waals surface area contributed by atoms with Gasteiger partial charge in [0.1, 0.15) is 5.82 Å². The van der Waals surface area contributed by atoms with Gasteiger partial charge in [0.25, 0.3) is 0 Å². The van der Waals surface area contributed by atoms with Crippen LogP contribution in [0.4, 0.5) is 42.5 Å². The highest BCUT2D eigenvalue weighted by atomic mass is 35.5. The standard InChI is InChI=1S/C27H26ClF3N8/c1-18-17-38(23-22(28)8-5-13-32-23)14-15-39(18)26-36-24(33-16-19-6-3-2-4-7-19)35-25(37-26)34-21-11-9-20(10-12-21)27(29,30)31/h2-13,18H,14-17H2,1H3,(H2,33,34,35,36,37)/t18-/m1/s1. The summed E-state index contributed by atoms with van der Waals surface area (Å²) in [5, 5.41) is 6.85. The van der Waals surface area contributed by atoms with Gasteiger partial charge in [0.2, 0.25) is 17.8 Å². The van der Waals surface area contributed by atoms with Crippen molar-refractivity contribution in [3.8, 4) is 0 Å². The summed E-state index contributed by atoms with van der Waals surface area (Å²) in [6.45, 7) is 4.46. The Bertz CT molecular complexity index is 1400. The van der Waals surface area contributed by atoms with Crippen LogP contribution in [0.3, 0.4) is 0 Å². The molecule has 1 atom stereocenters. The molecule has 0 unspecified atom stereocenters. The number of alkyl halides is 3. The Labute approximate surface area is 228 Å². The molecule has 0 aliphatic carbocycles. The molecule has 3 heterocycles. The zero-order valence-corrected chi connectivity index (χ0v) is 21.8. The predicted molar refractivity (Wildman–Crippen MR) is 147 cm³/mol. The lowest BCUT2D eigenvalue weighted by molar-refractivity contribution is -0.137. The van der Waals surface area contributed by atoms with Gasteiger partial charge in [-0.3, -0.25) is 0 Å².